The predicted octanol–water partition coefficient (Wildman–Crippen LogP) is 1.46. The number of anilines is 2. The third kappa shape index (κ3) is 4.45. The van der Waals surface area contributed by atoms with Crippen LogP contribution >= 0.6 is 11.8 Å². The molecule has 2 N–H and O–H groups in total. The molecule has 0 unspecified atom stereocenters. The number of rotatable bonds is 7. The van der Waals surface area contributed by atoms with Crippen LogP contribution in [0.25, 0.3) is 0 Å². The van der Waals surface area contributed by atoms with Crippen LogP contribution in [0.4, 0.5) is 11.4 Å². The largest absolute Gasteiger partial charge is 0.385 e. The first-order valence-corrected chi connectivity index (χ1v) is 9.97. The van der Waals surface area contributed by atoms with Gasteiger partial charge in [0.1, 0.15) is 0 Å². The van der Waals surface area contributed by atoms with Crippen LogP contribution in [0.5, 0.6) is 0 Å². The molecule has 28 heavy (non-hydrogen) atoms. The van der Waals surface area contributed by atoms with Gasteiger partial charge in [0.05, 0.1) is 17.1 Å². The number of nitrogens with one attached hydrogen (secondary N) is 2. The normalized spacial score (nSPS) is 16.4. The lowest BCUT2D eigenvalue weighted by Crippen LogP contribution is -2.40. The number of amides is 2. The zero-order chi connectivity index (χ0) is 20.1. The number of methoxy groups -OCH3 is 1. The zero-order valence-corrected chi connectivity index (χ0v) is 16.6. The second-order valence-corrected chi connectivity index (χ2v) is 7.42. The van der Waals surface area contributed by atoms with E-state index in [0.717, 1.165) is 0 Å². The fourth-order valence-corrected chi connectivity index (χ4v) is 3.97. The lowest BCUT2D eigenvalue weighted by atomic mass is 10.2. The minimum atomic E-state index is -0.311. The smallest absolute Gasteiger partial charge is 0.343 e. The highest BCUT2D eigenvalue weighted by Gasteiger charge is 2.29. The monoisotopic (exact) mass is 405 g/mol. The number of H-pyrrole nitrogens is 1. The van der Waals surface area contributed by atoms with Crippen molar-refractivity contribution in [2.24, 2.45) is 0 Å². The summed E-state index contributed by atoms with van der Waals surface area (Å²) in [5.74, 6) is -0.177. The van der Waals surface area contributed by atoms with Gasteiger partial charge in [-0.25, -0.2) is 9.89 Å². The van der Waals surface area contributed by atoms with Crippen LogP contribution in [0, 0.1) is 0 Å². The number of carbonyl (C=O) groups excluding carboxylic acids is 2. The third-order valence-corrected chi connectivity index (χ3v) is 5.37. The number of nitrogens with zero attached hydrogens (tertiary/aromatic N) is 3. The molecule has 3 rings (SSSR count). The molecule has 0 spiro atoms. The highest BCUT2D eigenvalue weighted by atomic mass is 32.2. The third-order valence-electron chi connectivity index (χ3n) is 4.41. The first-order valence-electron chi connectivity index (χ1n) is 8.99. The molecule has 2 amide bonds. The highest BCUT2D eigenvalue weighted by molar-refractivity contribution is 7.99. The van der Waals surface area contributed by atoms with Crippen LogP contribution in [0.2, 0.25) is 0 Å². The number of benzene rings is 1. The molecule has 0 saturated heterocycles. The average Bonchev–Trinajstić information content (AvgIpc) is 2.94. The van der Waals surface area contributed by atoms with Gasteiger partial charge in [-0.2, -0.15) is 0 Å². The SMILES string of the molecule is COCCCn1c(SCC(=O)N2c3ccccc3NC(=O)C[C@@H]2C)n[nH]c1=O. The van der Waals surface area contributed by atoms with Crippen molar-refractivity contribution in [2.45, 2.75) is 37.5 Å². The molecule has 0 radical (unpaired) electrons. The van der Waals surface area contributed by atoms with E-state index in [1.807, 2.05) is 25.1 Å². The van der Waals surface area contributed by atoms with Crippen LogP contribution < -0.4 is 15.9 Å². The number of thioether (sulfide) groups is 1. The molecule has 10 heteroatoms. The predicted molar refractivity (Wildman–Crippen MR) is 107 cm³/mol. The van der Waals surface area contributed by atoms with Gasteiger partial charge in [-0.1, -0.05) is 23.9 Å². The average molecular weight is 405 g/mol. The van der Waals surface area contributed by atoms with Gasteiger partial charge >= 0.3 is 5.69 Å². The van der Waals surface area contributed by atoms with Gasteiger partial charge < -0.3 is 15.0 Å². The molecule has 2 aromatic rings. The van der Waals surface area contributed by atoms with Gasteiger partial charge in [-0.05, 0) is 25.5 Å². The maximum absolute atomic E-state index is 13.0. The van der Waals surface area contributed by atoms with Crippen LogP contribution in [0.15, 0.2) is 34.2 Å². The van der Waals surface area contributed by atoms with Gasteiger partial charge in [0, 0.05) is 32.7 Å². The Morgan fingerprint density at radius 2 is 2.14 bits per heavy atom. The molecule has 1 atom stereocenters. The van der Waals surface area contributed by atoms with Crippen LogP contribution in [0.1, 0.15) is 19.8 Å². The molecule has 1 aromatic carbocycles. The minimum absolute atomic E-state index is 0.0986. The standard InChI is InChI=1S/C18H23N5O4S/c1-12-10-15(24)19-13-6-3-4-7-14(13)23(12)16(25)11-28-18-21-20-17(26)22(18)8-5-9-27-2/h3-4,6-7,12H,5,8-11H2,1-2H3,(H,19,24)(H,20,26)/t12-/m0/s1. The van der Waals surface area contributed by atoms with Gasteiger partial charge in [0.15, 0.2) is 5.16 Å². The topological polar surface area (TPSA) is 109 Å². The Labute approximate surface area is 166 Å². The van der Waals surface area contributed by atoms with Crippen LogP contribution in [-0.4, -0.2) is 52.1 Å². The number of hydrogen-bond acceptors (Lipinski definition) is 6. The Bertz CT molecular complexity index is 909. The van der Waals surface area contributed by atoms with Crippen molar-refractivity contribution in [1.82, 2.24) is 14.8 Å². The first-order chi connectivity index (χ1) is 13.5. The van der Waals surface area contributed by atoms with Crippen molar-refractivity contribution >= 4 is 35.0 Å². The van der Waals surface area contributed by atoms with E-state index in [0.29, 0.717) is 36.1 Å². The molecule has 0 fully saturated rings. The summed E-state index contributed by atoms with van der Waals surface area (Å²) in [5.41, 5.74) is 0.978. The summed E-state index contributed by atoms with van der Waals surface area (Å²) in [6.45, 7) is 2.84. The van der Waals surface area contributed by atoms with E-state index in [2.05, 4.69) is 15.5 Å². The zero-order valence-electron chi connectivity index (χ0n) is 15.8. The lowest BCUT2D eigenvalue weighted by molar-refractivity contribution is -0.117. The lowest BCUT2D eigenvalue weighted by Gasteiger charge is -2.27. The number of ether oxygens (including phenoxy) is 1. The van der Waals surface area contributed by atoms with E-state index < -0.39 is 0 Å². The summed E-state index contributed by atoms with van der Waals surface area (Å²) in [4.78, 5) is 38.6. The van der Waals surface area contributed by atoms with E-state index in [-0.39, 0.29) is 35.7 Å². The number of aromatic nitrogens is 3. The highest BCUT2D eigenvalue weighted by Crippen LogP contribution is 2.32. The van der Waals surface area contributed by atoms with Crippen molar-refractivity contribution in [3.8, 4) is 0 Å². The van der Waals surface area contributed by atoms with Crippen LogP contribution in [-0.2, 0) is 20.9 Å². The number of hydrogen-bond donors (Lipinski definition) is 2. The second kappa shape index (κ2) is 9.07. The maximum Gasteiger partial charge on any atom is 0.343 e. The quantitative estimate of drug-likeness (QED) is 0.533. The van der Waals surface area contributed by atoms with Gasteiger partial charge in [0.25, 0.3) is 0 Å². The maximum atomic E-state index is 13.0. The Morgan fingerprint density at radius 1 is 1.36 bits per heavy atom. The van der Waals surface area contributed by atoms with Crippen molar-refractivity contribution in [2.75, 3.05) is 29.7 Å². The molecule has 0 aliphatic carbocycles. The minimum Gasteiger partial charge on any atom is -0.385 e. The van der Waals surface area contributed by atoms with Crippen molar-refractivity contribution in [3.63, 3.8) is 0 Å². The van der Waals surface area contributed by atoms with E-state index in [1.165, 1.54) is 16.3 Å². The summed E-state index contributed by atoms with van der Waals surface area (Å²) >= 11 is 1.20. The molecule has 0 bridgehead atoms. The first kappa shape index (κ1) is 20.2. The molecular formula is C18H23N5O4S. The van der Waals surface area contributed by atoms with E-state index in [1.54, 1.807) is 18.1 Å². The molecular weight excluding hydrogens is 382 g/mol. The number of carbonyl (C=O) groups is 2. The number of aromatic amines is 1. The van der Waals surface area contributed by atoms with Gasteiger partial charge in [-0.3, -0.25) is 14.2 Å². The van der Waals surface area contributed by atoms with E-state index in [9.17, 15) is 14.4 Å². The van der Waals surface area contributed by atoms with E-state index in [4.69, 9.17) is 4.74 Å². The number of para-hydroxylation sites is 2. The van der Waals surface area contributed by atoms with Crippen LogP contribution in [0.3, 0.4) is 0 Å². The summed E-state index contributed by atoms with van der Waals surface area (Å²) in [5, 5.41) is 9.74. The molecule has 0 saturated carbocycles. The molecule has 1 aliphatic rings. The summed E-state index contributed by atoms with van der Waals surface area (Å²) in [6, 6.07) is 6.96. The van der Waals surface area contributed by atoms with Crippen molar-refractivity contribution in [1.29, 1.82) is 0 Å². The van der Waals surface area contributed by atoms with Crippen molar-refractivity contribution in [3.05, 3.63) is 34.7 Å². The summed E-state index contributed by atoms with van der Waals surface area (Å²) < 4.78 is 6.52. The Morgan fingerprint density at radius 3 is 2.93 bits per heavy atom. The molecule has 1 aliphatic heterocycles. The molecule has 2 heterocycles. The Balaban J connectivity index is 1.75. The Kier molecular flexibility index (Phi) is 6.53. The van der Waals surface area contributed by atoms with Gasteiger partial charge in [0.2, 0.25) is 11.8 Å². The number of fused-ring (bicyclic) bond motifs is 1. The van der Waals surface area contributed by atoms with E-state index >= 15 is 0 Å². The summed E-state index contributed by atoms with van der Waals surface area (Å²) in [6.07, 6.45) is 0.886. The van der Waals surface area contributed by atoms with Crippen molar-refractivity contribution < 1.29 is 14.3 Å². The molecule has 150 valence electrons. The molecule has 9 nitrogen and oxygen atoms in total. The summed E-state index contributed by atoms with van der Waals surface area (Å²) in [7, 11) is 1.60. The Hall–Kier alpha value is -2.59. The second-order valence-electron chi connectivity index (χ2n) is 6.48. The fraction of sp³-hybridized carbons (Fsp3) is 0.444. The van der Waals surface area contributed by atoms with Gasteiger partial charge in [-0.15, -0.1) is 5.10 Å². The fourth-order valence-electron chi connectivity index (χ4n) is 3.14. The molecule has 1 aromatic heterocycles.